The van der Waals surface area contributed by atoms with Crippen LogP contribution in [0.15, 0.2) is 5.38 Å². The zero-order valence-corrected chi connectivity index (χ0v) is 11.8. The fraction of sp³-hybridized carbons (Fsp3) is 0.714. The van der Waals surface area contributed by atoms with E-state index in [2.05, 4.69) is 31.1 Å². The summed E-state index contributed by atoms with van der Waals surface area (Å²) in [7, 11) is 0. The first kappa shape index (κ1) is 12.7. The number of nitrogens with zero attached hydrogens (tertiary/aromatic N) is 1. The number of thiazole rings is 1. The van der Waals surface area contributed by atoms with E-state index in [0.29, 0.717) is 5.78 Å². The molecule has 3 heteroatoms. The van der Waals surface area contributed by atoms with Gasteiger partial charge in [-0.25, -0.2) is 4.98 Å². The molecular formula is C14H21NOS. The summed E-state index contributed by atoms with van der Waals surface area (Å²) in [5, 5.41) is 3.28. The largest absolute Gasteiger partial charge is 0.299 e. The normalized spacial score (nSPS) is 21.8. The zero-order chi connectivity index (χ0) is 12.5. The Morgan fingerprint density at radius 3 is 2.76 bits per heavy atom. The van der Waals surface area contributed by atoms with Crippen LogP contribution in [0.1, 0.15) is 57.2 Å². The van der Waals surface area contributed by atoms with Crippen molar-refractivity contribution in [1.29, 1.82) is 0 Å². The summed E-state index contributed by atoms with van der Waals surface area (Å²) in [4.78, 5) is 16.5. The Bertz CT molecular complexity index is 403. The topological polar surface area (TPSA) is 30.0 Å². The van der Waals surface area contributed by atoms with E-state index in [1.54, 1.807) is 11.3 Å². The van der Waals surface area contributed by atoms with Gasteiger partial charge < -0.3 is 0 Å². The van der Waals surface area contributed by atoms with Crippen LogP contribution in [0, 0.1) is 5.92 Å². The summed E-state index contributed by atoms with van der Waals surface area (Å²) in [6.45, 7) is 6.53. The molecule has 1 aliphatic carbocycles. The van der Waals surface area contributed by atoms with Crippen LogP contribution >= 0.6 is 11.3 Å². The van der Waals surface area contributed by atoms with Crippen molar-refractivity contribution in [2.75, 3.05) is 0 Å². The molecular weight excluding hydrogens is 230 g/mol. The molecule has 1 fully saturated rings. The minimum absolute atomic E-state index is 0.116. The Hall–Kier alpha value is -0.700. The lowest BCUT2D eigenvalue weighted by molar-refractivity contribution is -0.124. The van der Waals surface area contributed by atoms with E-state index in [1.165, 1.54) is 6.42 Å². The molecule has 0 N–H and O–H groups in total. The van der Waals surface area contributed by atoms with E-state index in [0.717, 1.165) is 36.4 Å². The highest BCUT2D eigenvalue weighted by atomic mass is 32.1. The SMILES string of the molecule is CC(C)(C)c1csc(CC2CCCCC2=O)n1. The molecule has 0 spiro atoms. The quantitative estimate of drug-likeness (QED) is 0.801. The first-order valence-electron chi connectivity index (χ1n) is 6.44. The van der Waals surface area contributed by atoms with Crippen LogP contribution in [-0.2, 0) is 16.6 Å². The summed E-state index contributed by atoms with van der Waals surface area (Å²) in [5.74, 6) is 0.687. The summed E-state index contributed by atoms with van der Waals surface area (Å²) in [6, 6.07) is 0. The van der Waals surface area contributed by atoms with E-state index in [1.807, 2.05) is 0 Å². The predicted molar refractivity (Wildman–Crippen MR) is 71.5 cm³/mol. The maximum atomic E-state index is 11.8. The van der Waals surface area contributed by atoms with Gasteiger partial charge in [-0.3, -0.25) is 4.79 Å². The van der Waals surface area contributed by atoms with Gasteiger partial charge in [0.2, 0.25) is 0 Å². The number of hydrogen-bond acceptors (Lipinski definition) is 3. The first-order valence-corrected chi connectivity index (χ1v) is 7.32. The summed E-state index contributed by atoms with van der Waals surface area (Å²) < 4.78 is 0. The first-order chi connectivity index (χ1) is 7.97. The van der Waals surface area contributed by atoms with Crippen LogP contribution in [0.3, 0.4) is 0 Å². The second-order valence-corrected chi connectivity index (χ2v) is 6.93. The number of rotatable bonds is 2. The van der Waals surface area contributed by atoms with Crippen molar-refractivity contribution in [2.45, 2.75) is 58.3 Å². The third-order valence-electron chi connectivity index (χ3n) is 3.42. The van der Waals surface area contributed by atoms with Crippen LogP contribution in [0.4, 0.5) is 0 Å². The Labute approximate surface area is 107 Å². The summed E-state index contributed by atoms with van der Waals surface area (Å²) in [6.07, 6.45) is 4.99. The van der Waals surface area contributed by atoms with Crippen molar-refractivity contribution in [3.63, 3.8) is 0 Å². The second kappa shape index (κ2) is 4.89. The van der Waals surface area contributed by atoms with Crippen LogP contribution in [0.25, 0.3) is 0 Å². The maximum Gasteiger partial charge on any atom is 0.136 e. The Morgan fingerprint density at radius 1 is 1.41 bits per heavy atom. The van der Waals surface area contributed by atoms with E-state index in [4.69, 9.17) is 0 Å². The highest BCUT2D eigenvalue weighted by molar-refractivity contribution is 7.09. The molecule has 0 bridgehead atoms. The van der Waals surface area contributed by atoms with Gasteiger partial charge in [0.05, 0.1) is 10.7 Å². The Kier molecular flexibility index (Phi) is 3.67. The van der Waals surface area contributed by atoms with Gasteiger partial charge in [0.25, 0.3) is 0 Å². The molecule has 1 aromatic heterocycles. The van der Waals surface area contributed by atoms with Gasteiger partial charge in [-0.15, -0.1) is 11.3 Å². The van der Waals surface area contributed by atoms with Gasteiger partial charge in [-0.2, -0.15) is 0 Å². The highest BCUT2D eigenvalue weighted by Crippen LogP contribution is 2.28. The molecule has 1 unspecified atom stereocenters. The van der Waals surface area contributed by atoms with Crippen molar-refractivity contribution >= 4 is 17.1 Å². The van der Waals surface area contributed by atoms with Crippen LogP contribution < -0.4 is 0 Å². The molecule has 0 aromatic carbocycles. The van der Waals surface area contributed by atoms with Gasteiger partial charge in [-0.1, -0.05) is 27.2 Å². The second-order valence-electron chi connectivity index (χ2n) is 5.99. The van der Waals surface area contributed by atoms with E-state index >= 15 is 0 Å². The van der Waals surface area contributed by atoms with E-state index in [-0.39, 0.29) is 11.3 Å². The van der Waals surface area contributed by atoms with Gasteiger partial charge in [0.15, 0.2) is 0 Å². The van der Waals surface area contributed by atoms with Crippen molar-refractivity contribution in [2.24, 2.45) is 5.92 Å². The third kappa shape index (κ3) is 3.15. The van der Waals surface area contributed by atoms with Gasteiger partial charge >= 0.3 is 0 Å². The lowest BCUT2D eigenvalue weighted by Gasteiger charge is -2.19. The Morgan fingerprint density at radius 2 is 2.18 bits per heavy atom. The smallest absolute Gasteiger partial charge is 0.136 e. The fourth-order valence-corrected chi connectivity index (χ4v) is 3.33. The van der Waals surface area contributed by atoms with Crippen LogP contribution in [0.5, 0.6) is 0 Å². The molecule has 1 atom stereocenters. The molecule has 1 saturated carbocycles. The minimum Gasteiger partial charge on any atom is -0.299 e. The number of hydrogen-bond donors (Lipinski definition) is 0. The van der Waals surface area contributed by atoms with Crippen LogP contribution in [-0.4, -0.2) is 10.8 Å². The molecule has 0 amide bonds. The molecule has 2 rings (SSSR count). The van der Waals surface area contributed by atoms with Crippen molar-refractivity contribution in [3.8, 4) is 0 Å². The molecule has 2 nitrogen and oxygen atoms in total. The zero-order valence-electron chi connectivity index (χ0n) is 11.0. The standard InChI is InChI=1S/C14H21NOS/c1-14(2,3)12-9-17-13(15-12)8-10-6-4-5-7-11(10)16/h9-10H,4-8H2,1-3H3. The average Bonchev–Trinajstić information content (AvgIpc) is 2.69. The number of carbonyl (C=O) groups excluding carboxylic acids is 1. The van der Waals surface area contributed by atoms with Gasteiger partial charge in [0.1, 0.15) is 5.78 Å². The molecule has 0 saturated heterocycles. The van der Waals surface area contributed by atoms with E-state index < -0.39 is 0 Å². The number of ketones is 1. The number of Topliss-reactive ketones (excluding diaryl/α,β-unsaturated/α-hetero) is 1. The van der Waals surface area contributed by atoms with E-state index in [9.17, 15) is 4.79 Å². The molecule has 0 aliphatic heterocycles. The molecule has 0 radical (unpaired) electrons. The average molecular weight is 251 g/mol. The van der Waals surface area contributed by atoms with Gasteiger partial charge in [0, 0.05) is 29.6 Å². The van der Waals surface area contributed by atoms with Crippen molar-refractivity contribution in [3.05, 3.63) is 16.1 Å². The lowest BCUT2D eigenvalue weighted by Crippen LogP contribution is -2.21. The fourth-order valence-electron chi connectivity index (χ4n) is 2.23. The Balaban J connectivity index is 2.03. The number of aromatic nitrogens is 1. The molecule has 94 valence electrons. The molecule has 1 aromatic rings. The molecule has 1 aliphatic rings. The highest BCUT2D eigenvalue weighted by Gasteiger charge is 2.24. The minimum atomic E-state index is 0.116. The van der Waals surface area contributed by atoms with Crippen molar-refractivity contribution in [1.82, 2.24) is 4.98 Å². The number of carbonyl (C=O) groups is 1. The summed E-state index contributed by atoms with van der Waals surface area (Å²) >= 11 is 1.71. The predicted octanol–water partition coefficient (Wildman–Crippen LogP) is 3.74. The lowest BCUT2D eigenvalue weighted by atomic mass is 9.86. The maximum absolute atomic E-state index is 11.8. The molecule has 17 heavy (non-hydrogen) atoms. The van der Waals surface area contributed by atoms with Crippen LogP contribution in [0.2, 0.25) is 0 Å². The summed E-state index contributed by atoms with van der Waals surface area (Å²) in [5.41, 5.74) is 1.27. The third-order valence-corrected chi connectivity index (χ3v) is 4.29. The monoisotopic (exact) mass is 251 g/mol. The van der Waals surface area contributed by atoms with Gasteiger partial charge in [-0.05, 0) is 12.8 Å². The molecule has 1 heterocycles. The van der Waals surface area contributed by atoms with Crippen molar-refractivity contribution < 1.29 is 4.79 Å².